The summed E-state index contributed by atoms with van der Waals surface area (Å²) >= 11 is 0. The molecule has 2 N–H and O–H groups in total. The van der Waals surface area contributed by atoms with E-state index in [1.807, 2.05) is 103 Å². The number of carboxylic acids is 1. The molecule has 0 saturated heterocycles. The first-order valence-corrected chi connectivity index (χ1v) is 54.2. The largest absolute Gasteiger partial charge is 0.478 e. The van der Waals surface area contributed by atoms with Gasteiger partial charge in [0.05, 0.1) is 26.0 Å². The SMILES string of the molecule is CC(=O)c1ccc(C(C)(C)C)cc1.CC(=O)c1cccc(C(C)(C)C)c1.CC(=O)c1cccc(C(C)(C)C)c1.CC(C)(C)c1ccc(C(=O)O)cc1.CC(C)(C)c1cccc(-c2ncn[nH]2)c1.CC(C)(C)c1cccc(S(C)(=O)=O)c1.CC(C)(C)c1cccc(S(C)(=O)=O)c1.CC(C)(C)c1ccccc1.CCS(=O)(=O)c1cccc(C(C)(C)C)c1.Cc1ccc(C(C)(C)C)cc1.Cc1cccc(C(C)(C)C)c1. The number of benzene rings is 11. The molecule has 12 rings (SSSR count). The monoisotopic (exact) mass is 1990 g/mol. The van der Waals surface area contributed by atoms with Gasteiger partial charge in [-0.25, -0.2) is 35.0 Å². The van der Waals surface area contributed by atoms with Crippen molar-refractivity contribution in [3.63, 3.8) is 0 Å². The summed E-state index contributed by atoms with van der Waals surface area (Å²) in [5.74, 6) is 0.486. The number of nitrogens with zero attached hydrogens (tertiary/aromatic N) is 2. The van der Waals surface area contributed by atoms with E-state index >= 15 is 0 Å². The van der Waals surface area contributed by atoms with E-state index in [1.165, 1.54) is 68.9 Å². The topological polar surface area (TPSA) is 232 Å². The van der Waals surface area contributed by atoms with Gasteiger partial charge in [-0.05, 0) is 222 Å². The standard InChI is InChI=1S/C12H15N3.C12H18O2S.3C12H16O.2C11H16O2S.C11H14O2.2C11H16.C10H14/c1-12(2,3)10-6-4-5-9(7-10)11-13-8-14-15-11;1-5-15(13,14)11-8-6-7-10(9-11)12(2,3)4;1-9(13)10-5-7-11(8-6-10)12(2,3)4;2*1-9(13)10-6-5-7-11(8-10)12(2,3)4;2*1-11(2,3)9-6-5-7-10(8-9)14(4,12)13;1-11(2,3)9-6-4-8(5-7-9)10(12)13;1-9-5-7-10(8-6-9)11(2,3)4;1-9-6-5-7-10(8-9)11(2,3)4;1-10(2,3)9-7-5-4-6-8-9/h4-8H,1-3H3,(H,13,14,15);6-9H,5H2,1-4H3;3*5-8H,1-4H3;2*5-8H,1-4H3;4-7H,1-3H3,(H,12,13);2*5-8H,1-4H3;4-8H,1-3H3. The van der Waals surface area contributed by atoms with Crippen LogP contribution in [-0.2, 0) is 89.1 Å². The van der Waals surface area contributed by atoms with Crippen molar-refractivity contribution in [2.45, 2.75) is 344 Å². The van der Waals surface area contributed by atoms with E-state index in [-0.39, 0.29) is 77.3 Å². The molecule has 11 aromatic carbocycles. The van der Waals surface area contributed by atoms with Gasteiger partial charge < -0.3 is 5.11 Å². The molecule has 17 heteroatoms. The molecule has 0 aliphatic carbocycles. The Kier molecular flexibility index (Phi) is 47.8. The van der Waals surface area contributed by atoms with E-state index in [2.05, 4.69) is 367 Å². The lowest BCUT2D eigenvalue weighted by atomic mass is 9.86. The van der Waals surface area contributed by atoms with Crippen LogP contribution in [0.5, 0.6) is 0 Å². The number of aromatic carboxylic acids is 1. The van der Waals surface area contributed by atoms with E-state index in [0.717, 1.165) is 50.3 Å². The van der Waals surface area contributed by atoms with Crippen molar-refractivity contribution in [1.29, 1.82) is 0 Å². The number of carbonyl (C=O) groups is 4. The molecule has 0 saturated carbocycles. The smallest absolute Gasteiger partial charge is 0.335 e. The van der Waals surface area contributed by atoms with Gasteiger partial charge in [-0.15, -0.1) is 0 Å². The summed E-state index contributed by atoms with van der Waals surface area (Å²) in [4.78, 5) is 49.2. The number of aryl methyl sites for hydroxylation is 2. The third-order valence-corrected chi connectivity index (χ3v) is 26.9. The van der Waals surface area contributed by atoms with Gasteiger partial charge in [0.1, 0.15) is 6.33 Å². The first-order chi connectivity index (χ1) is 64.5. The molecule has 0 amide bonds. The molecule has 0 bridgehead atoms. The van der Waals surface area contributed by atoms with Gasteiger partial charge in [-0.2, -0.15) is 5.10 Å². The molecule has 12 aromatic rings. The van der Waals surface area contributed by atoms with Crippen LogP contribution in [0.2, 0.25) is 0 Å². The molecule has 0 aliphatic heterocycles. The number of carboxylic acid groups (broad SMARTS) is 1. The molecular weight excluding hydrogens is 1820 g/mol. The third-order valence-electron chi connectivity index (χ3n) is 23.0. The number of Topliss-reactive ketones (excluding diaryl/α,β-unsaturated/α-hetero) is 3. The number of hydrogen-bond donors (Lipinski definition) is 2. The molecule has 1 aromatic heterocycles. The Morgan fingerprint density at radius 2 is 0.521 bits per heavy atom. The van der Waals surface area contributed by atoms with Gasteiger partial charge in [0.15, 0.2) is 52.7 Å². The summed E-state index contributed by atoms with van der Waals surface area (Å²) in [6, 6.07) is 88.3. The van der Waals surface area contributed by atoms with Crippen LogP contribution in [0.15, 0.2) is 294 Å². The highest BCUT2D eigenvalue weighted by Crippen LogP contribution is 2.33. The number of rotatable bonds is 9. The van der Waals surface area contributed by atoms with Crippen LogP contribution in [0.25, 0.3) is 11.4 Å². The normalized spacial score (nSPS) is 11.9. The molecule has 1 heterocycles. The van der Waals surface area contributed by atoms with E-state index in [1.54, 1.807) is 88.4 Å². The van der Waals surface area contributed by atoms with Crippen LogP contribution in [0.1, 0.15) is 370 Å². The number of aromatic nitrogens is 3. The second-order valence-corrected chi connectivity index (χ2v) is 53.9. The van der Waals surface area contributed by atoms with Gasteiger partial charge >= 0.3 is 5.97 Å². The number of nitrogens with one attached hydrogen (secondary N) is 1. The minimum Gasteiger partial charge on any atom is -0.478 e. The van der Waals surface area contributed by atoms with E-state index < -0.39 is 35.5 Å². The van der Waals surface area contributed by atoms with Crippen molar-refractivity contribution < 1.29 is 49.5 Å². The number of sulfone groups is 3. The quantitative estimate of drug-likeness (QED) is 0.128. The summed E-state index contributed by atoms with van der Waals surface area (Å²) in [5.41, 5.74) is 21.4. The molecule has 772 valence electrons. The Bertz CT molecular complexity index is 6090. The molecule has 142 heavy (non-hydrogen) atoms. The number of aromatic amines is 1. The van der Waals surface area contributed by atoms with Crippen LogP contribution in [0, 0.1) is 13.8 Å². The highest BCUT2D eigenvalue weighted by molar-refractivity contribution is 7.91. The summed E-state index contributed by atoms with van der Waals surface area (Å²) in [6.45, 7) is 81.7. The van der Waals surface area contributed by atoms with Crippen LogP contribution in [0.3, 0.4) is 0 Å². The van der Waals surface area contributed by atoms with Crippen molar-refractivity contribution >= 4 is 52.8 Å². The Labute approximate surface area is 859 Å². The van der Waals surface area contributed by atoms with Crippen molar-refractivity contribution in [2.75, 3.05) is 18.3 Å². The van der Waals surface area contributed by atoms with E-state index in [0.29, 0.717) is 25.7 Å². The van der Waals surface area contributed by atoms with Crippen LogP contribution in [0.4, 0.5) is 0 Å². The Morgan fingerprint density at radius 1 is 0.268 bits per heavy atom. The zero-order chi connectivity index (χ0) is 109. The lowest BCUT2D eigenvalue weighted by molar-refractivity contribution is 0.0695. The van der Waals surface area contributed by atoms with E-state index in [9.17, 15) is 44.4 Å². The minimum atomic E-state index is -3.09. The van der Waals surface area contributed by atoms with Crippen molar-refractivity contribution in [3.05, 3.63) is 374 Å². The Balaban J connectivity index is 0.000000529. The predicted molar refractivity (Wildman–Crippen MR) is 602 cm³/mol. The summed E-state index contributed by atoms with van der Waals surface area (Å²) in [6.07, 6.45) is 3.99. The Morgan fingerprint density at radius 3 is 0.789 bits per heavy atom. The second-order valence-electron chi connectivity index (χ2n) is 47.6. The molecule has 0 radical (unpaired) electrons. The summed E-state index contributed by atoms with van der Waals surface area (Å²) in [5, 5.41) is 15.4. The first-order valence-electron chi connectivity index (χ1n) is 48.8. The molecule has 0 aliphatic rings. The van der Waals surface area contributed by atoms with Gasteiger partial charge in [0.2, 0.25) is 0 Å². The molecule has 0 spiro atoms. The maximum atomic E-state index is 11.7. The average Bonchev–Trinajstić information content (AvgIpc) is 0.886. The highest BCUT2D eigenvalue weighted by atomic mass is 32.2. The van der Waals surface area contributed by atoms with Crippen LogP contribution < -0.4 is 0 Å². The average molecular weight is 1990 g/mol. The van der Waals surface area contributed by atoms with Gasteiger partial charge in [-0.1, -0.05) is 453 Å². The lowest BCUT2D eigenvalue weighted by Crippen LogP contribution is -2.12. The van der Waals surface area contributed by atoms with Gasteiger partial charge in [0, 0.05) is 34.8 Å². The highest BCUT2D eigenvalue weighted by Gasteiger charge is 2.24. The second kappa shape index (κ2) is 53.5. The molecule has 0 fully saturated rings. The summed E-state index contributed by atoms with van der Waals surface area (Å²) in [7, 11) is -9.25. The molecule has 0 atom stereocenters. The lowest BCUT2D eigenvalue weighted by Gasteiger charge is -2.19. The number of H-pyrrole nitrogens is 1. The fourth-order valence-electron chi connectivity index (χ4n) is 13.0. The number of hydrogen-bond acceptors (Lipinski definition) is 12. The maximum Gasteiger partial charge on any atom is 0.335 e. The maximum absolute atomic E-state index is 11.7. The number of ketones is 3. The zero-order valence-corrected chi connectivity index (χ0v) is 96.4. The summed E-state index contributed by atoms with van der Waals surface area (Å²) < 4.78 is 68.6. The van der Waals surface area contributed by atoms with Crippen LogP contribution >= 0.6 is 0 Å². The van der Waals surface area contributed by atoms with Crippen molar-refractivity contribution in [3.8, 4) is 11.4 Å². The fraction of sp³-hybridized carbons (Fsp3) is 0.424. The molecular formula is C125H173N3O11S3. The number of carbonyl (C=O) groups excluding carboxylic acids is 3. The first kappa shape index (κ1) is 127. The van der Waals surface area contributed by atoms with Crippen molar-refractivity contribution in [1.82, 2.24) is 15.2 Å². The zero-order valence-electron chi connectivity index (χ0n) is 93.9. The van der Waals surface area contributed by atoms with Crippen LogP contribution in [-0.4, -0.2) is 87.1 Å². The minimum absolute atomic E-state index is 0.0132. The third kappa shape index (κ3) is 47.4. The molecule has 14 nitrogen and oxygen atoms in total. The predicted octanol–water partition coefficient (Wildman–Crippen LogP) is 32.1. The molecule has 0 unspecified atom stereocenters. The van der Waals surface area contributed by atoms with Gasteiger partial charge in [0.25, 0.3) is 0 Å². The van der Waals surface area contributed by atoms with E-state index in [4.69, 9.17) is 5.11 Å². The van der Waals surface area contributed by atoms with Crippen molar-refractivity contribution in [2.24, 2.45) is 0 Å². The van der Waals surface area contributed by atoms with Gasteiger partial charge in [-0.3, -0.25) is 19.5 Å². The fourth-order valence-corrected chi connectivity index (χ4v) is 15.3. The Hall–Kier alpha value is -11.1.